The van der Waals surface area contributed by atoms with Crippen molar-refractivity contribution in [3.8, 4) is 0 Å². The van der Waals surface area contributed by atoms with Gasteiger partial charge in [0.1, 0.15) is 0 Å². The average molecular weight is 299 g/mol. The monoisotopic (exact) mass is 299 g/mol. The van der Waals surface area contributed by atoms with E-state index in [9.17, 15) is 4.79 Å². The number of pyridine rings is 1. The van der Waals surface area contributed by atoms with E-state index in [4.69, 9.17) is 0 Å². The summed E-state index contributed by atoms with van der Waals surface area (Å²) in [4.78, 5) is 21.7. The number of nitrogens with zero attached hydrogens (tertiary/aromatic N) is 3. The van der Waals surface area contributed by atoms with Gasteiger partial charge < -0.3 is 9.80 Å². The summed E-state index contributed by atoms with van der Waals surface area (Å²) in [5.41, 5.74) is 1.10. The molecule has 1 saturated carbocycles. The summed E-state index contributed by atoms with van der Waals surface area (Å²) < 4.78 is 0. The molecular weight excluding hydrogens is 274 g/mol. The lowest BCUT2D eigenvalue weighted by atomic mass is 9.78. The minimum absolute atomic E-state index is 0.0832. The molecule has 0 N–H and O–H groups in total. The van der Waals surface area contributed by atoms with Crippen LogP contribution >= 0.6 is 0 Å². The number of likely N-dealkylation sites (tertiary alicyclic amines) is 2. The predicted molar refractivity (Wildman–Crippen MR) is 85.1 cm³/mol. The van der Waals surface area contributed by atoms with Gasteiger partial charge in [-0.15, -0.1) is 0 Å². The van der Waals surface area contributed by atoms with Crippen LogP contribution in [0.15, 0.2) is 24.5 Å². The van der Waals surface area contributed by atoms with E-state index in [2.05, 4.69) is 14.8 Å². The molecule has 2 saturated heterocycles. The third-order valence-electron chi connectivity index (χ3n) is 5.59. The van der Waals surface area contributed by atoms with Crippen LogP contribution in [0, 0.1) is 11.3 Å². The molecule has 1 aromatic rings. The molecule has 3 aliphatic rings. The molecule has 3 heterocycles. The van der Waals surface area contributed by atoms with Crippen LogP contribution in [0.1, 0.15) is 37.7 Å². The van der Waals surface area contributed by atoms with E-state index < -0.39 is 0 Å². The average Bonchev–Trinajstić information content (AvgIpc) is 3.31. The number of hydrogen-bond acceptors (Lipinski definition) is 3. The first-order valence-electron chi connectivity index (χ1n) is 8.66. The topological polar surface area (TPSA) is 36.4 Å². The lowest BCUT2D eigenvalue weighted by Crippen LogP contribution is -2.48. The molecule has 1 atom stereocenters. The van der Waals surface area contributed by atoms with Crippen molar-refractivity contribution in [3.05, 3.63) is 30.1 Å². The second-order valence-electron chi connectivity index (χ2n) is 7.39. The molecule has 4 nitrogen and oxygen atoms in total. The van der Waals surface area contributed by atoms with Crippen LogP contribution in [0.2, 0.25) is 0 Å². The van der Waals surface area contributed by atoms with Crippen LogP contribution < -0.4 is 0 Å². The van der Waals surface area contributed by atoms with Crippen molar-refractivity contribution in [2.75, 3.05) is 26.2 Å². The Labute approximate surface area is 132 Å². The zero-order valence-electron chi connectivity index (χ0n) is 13.2. The van der Waals surface area contributed by atoms with E-state index in [0.717, 1.165) is 38.4 Å². The molecule has 3 fully saturated rings. The van der Waals surface area contributed by atoms with E-state index in [0.29, 0.717) is 5.91 Å². The van der Waals surface area contributed by atoms with Gasteiger partial charge in [-0.1, -0.05) is 0 Å². The Bertz CT molecular complexity index is 543. The standard InChI is InChI=1S/C18H25N3O/c22-17-18(6-1-10-20(14-18)12-15-2-3-15)7-11-21(17)13-16-4-8-19-9-5-16/h4-5,8-9,15H,1-3,6-7,10-14H2/t18-/m1/s1. The maximum absolute atomic E-state index is 13.0. The Kier molecular flexibility index (Phi) is 3.65. The van der Waals surface area contributed by atoms with Crippen LogP contribution in [0.5, 0.6) is 0 Å². The number of aromatic nitrogens is 1. The number of amides is 1. The number of carbonyl (C=O) groups excluding carboxylic acids is 1. The van der Waals surface area contributed by atoms with E-state index in [-0.39, 0.29) is 5.41 Å². The van der Waals surface area contributed by atoms with Gasteiger partial charge in [0.25, 0.3) is 0 Å². The Hall–Kier alpha value is -1.42. The molecule has 2 aliphatic heterocycles. The Morgan fingerprint density at radius 3 is 2.77 bits per heavy atom. The van der Waals surface area contributed by atoms with Gasteiger partial charge >= 0.3 is 0 Å². The van der Waals surface area contributed by atoms with Crippen LogP contribution in [0.25, 0.3) is 0 Å². The fraction of sp³-hybridized carbons (Fsp3) is 0.667. The van der Waals surface area contributed by atoms with Gasteiger partial charge in [0.15, 0.2) is 0 Å². The van der Waals surface area contributed by atoms with Gasteiger partial charge in [0.05, 0.1) is 5.41 Å². The lowest BCUT2D eigenvalue weighted by molar-refractivity contribution is -0.139. The summed E-state index contributed by atoms with van der Waals surface area (Å²) in [6.07, 6.45) is 9.71. The highest BCUT2D eigenvalue weighted by Gasteiger charge is 2.48. The van der Waals surface area contributed by atoms with Crippen molar-refractivity contribution in [2.45, 2.75) is 38.6 Å². The molecule has 0 bridgehead atoms. The van der Waals surface area contributed by atoms with Crippen molar-refractivity contribution in [1.29, 1.82) is 0 Å². The highest BCUT2D eigenvalue weighted by Crippen LogP contribution is 2.42. The maximum atomic E-state index is 13.0. The molecule has 1 amide bonds. The SMILES string of the molecule is O=C1N(Cc2ccncc2)CC[C@@]12CCCN(CC1CC1)C2. The molecule has 1 spiro atoms. The molecule has 1 aromatic heterocycles. The molecule has 4 rings (SSSR count). The third kappa shape index (κ3) is 2.76. The molecule has 4 heteroatoms. The van der Waals surface area contributed by atoms with Crippen molar-refractivity contribution in [3.63, 3.8) is 0 Å². The fourth-order valence-corrected chi connectivity index (χ4v) is 4.18. The van der Waals surface area contributed by atoms with Crippen molar-refractivity contribution in [1.82, 2.24) is 14.8 Å². The number of rotatable bonds is 4. The maximum Gasteiger partial charge on any atom is 0.230 e. The van der Waals surface area contributed by atoms with Gasteiger partial charge in [-0.2, -0.15) is 0 Å². The lowest BCUT2D eigenvalue weighted by Gasteiger charge is -2.39. The summed E-state index contributed by atoms with van der Waals surface area (Å²) >= 11 is 0. The van der Waals surface area contributed by atoms with Gasteiger partial charge in [0, 0.05) is 38.6 Å². The summed E-state index contributed by atoms with van der Waals surface area (Å²) in [6, 6.07) is 4.02. The fourth-order valence-electron chi connectivity index (χ4n) is 4.18. The molecule has 1 aliphatic carbocycles. The molecule has 22 heavy (non-hydrogen) atoms. The molecule has 0 unspecified atom stereocenters. The Balaban J connectivity index is 1.43. The van der Waals surface area contributed by atoms with Crippen molar-refractivity contribution in [2.24, 2.45) is 11.3 Å². The minimum Gasteiger partial charge on any atom is -0.338 e. The van der Waals surface area contributed by atoms with Gasteiger partial charge in [-0.3, -0.25) is 9.78 Å². The largest absolute Gasteiger partial charge is 0.338 e. The highest BCUT2D eigenvalue weighted by molar-refractivity contribution is 5.85. The van der Waals surface area contributed by atoms with Gasteiger partial charge in [-0.25, -0.2) is 0 Å². The van der Waals surface area contributed by atoms with E-state index >= 15 is 0 Å². The second-order valence-corrected chi connectivity index (χ2v) is 7.39. The quantitative estimate of drug-likeness (QED) is 0.856. The van der Waals surface area contributed by atoms with E-state index in [1.54, 1.807) is 0 Å². The number of piperidine rings is 1. The van der Waals surface area contributed by atoms with E-state index in [1.165, 1.54) is 37.9 Å². The number of hydrogen-bond donors (Lipinski definition) is 0. The van der Waals surface area contributed by atoms with Crippen molar-refractivity contribution >= 4 is 5.91 Å². The smallest absolute Gasteiger partial charge is 0.230 e. The predicted octanol–water partition coefficient (Wildman–Crippen LogP) is 2.31. The Morgan fingerprint density at radius 1 is 1.18 bits per heavy atom. The van der Waals surface area contributed by atoms with Crippen LogP contribution in [-0.2, 0) is 11.3 Å². The number of carbonyl (C=O) groups is 1. The first-order chi connectivity index (χ1) is 10.8. The second kappa shape index (κ2) is 5.65. The van der Waals surface area contributed by atoms with Gasteiger partial charge in [-0.05, 0) is 62.3 Å². The zero-order chi connectivity index (χ0) is 15.0. The molecule has 118 valence electrons. The van der Waals surface area contributed by atoms with E-state index in [1.807, 2.05) is 24.5 Å². The van der Waals surface area contributed by atoms with Crippen LogP contribution in [0.4, 0.5) is 0 Å². The minimum atomic E-state index is -0.0832. The van der Waals surface area contributed by atoms with Crippen molar-refractivity contribution < 1.29 is 4.79 Å². The summed E-state index contributed by atoms with van der Waals surface area (Å²) in [6.45, 7) is 5.06. The molecule has 0 aromatic carbocycles. The van der Waals surface area contributed by atoms with Gasteiger partial charge in [0.2, 0.25) is 5.91 Å². The molecule has 0 radical (unpaired) electrons. The third-order valence-corrected chi connectivity index (χ3v) is 5.59. The summed E-state index contributed by atoms with van der Waals surface area (Å²) in [5.74, 6) is 1.31. The summed E-state index contributed by atoms with van der Waals surface area (Å²) in [5, 5.41) is 0. The Morgan fingerprint density at radius 2 is 2.00 bits per heavy atom. The first kappa shape index (κ1) is 14.2. The van der Waals surface area contributed by atoms with Crippen LogP contribution in [0.3, 0.4) is 0 Å². The van der Waals surface area contributed by atoms with Crippen LogP contribution in [-0.4, -0.2) is 46.9 Å². The normalized spacial score (nSPS) is 29.5. The zero-order valence-corrected chi connectivity index (χ0v) is 13.2. The summed E-state index contributed by atoms with van der Waals surface area (Å²) in [7, 11) is 0. The molecular formula is C18H25N3O. The highest BCUT2D eigenvalue weighted by atomic mass is 16.2. The first-order valence-corrected chi connectivity index (χ1v) is 8.66.